The molecule has 0 saturated heterocycles. The first-order valence-corrected chi connectivity index (χ1v) is 7.40. The van der Waals surface area contributed by atoms with E-state index in [1.807, 2.05) is 25.1 Å². The predicted octanol–water partition coefficient (Wildman–Crippen LogP) is 4.96. The molecule has 0 heterocycles. The van der Waals surface area contributed by atoms with Gasteiger partial charge in [0.25, 0.3) is 0 Å². The molecule has 0 radical (unpaired) electrons. The van der Waals surface area contributed by atoms with Gasteiger partial charge in [-0.3, -0.25) is 4.79 Å². The van der Waals surface area contributed by atoms with Crippen molar-refractivity contribution in [2.45, 2.75) is 52.4 Å². The molecule has 1 atom stereocenters. The van der Waals surface area contributed by atoms with E-state index in [1.54, 1.807) is 0 Å². The molecule has 0 aliphatic heterocycles. The van der Waals surface area contributed by atoms with E-state index in [9.17, 15) is 4.79 Å². The summed E-state index contributed by atoms with van der Waals surface area (Å²) in [5.41, 5.74) is 2.87. The molecule has 1 unspecified atom stereocenters. The zero-order chi connectivity index (χ0) is 13.9. The van der Waals surface area contributed by atoms with Gasteiger partial charge in [-0.1, -0.05) is 62.6 Å². The molecule has 0 fully saturated rings. The van der Waals surface area contributed by atoms with Gasteiger partial charge >= 0.3 is 0 Å². The van der Waals surface area contributed by atoms with Crippen molar-refractivity contribution in [2.75, 3.05) is 0 Å². The molecular formula is C18H24O. The molecule has 0 bridgehead atoms. The van der Waals surface area contributed by atoms with Crippen molar-refractivity contribution in [2.24, 2.45) is 5.41 Å². The summed E-state index contributed by atoms with van der Waals surface area (Å²) < 4.78 is 0. The number of carbonyl (C=O) groups is 1. The third-order valence-corrected chi connectivity index (χ3v) is 4.54. The lowest BCUT2D eigenvalue weighted by atomic mass is 9.64. The molecule has 0 aromatic heterocycles. The van der Waals surface area contributed by atoms with Gasteiger partial charge in [-0.15, -0.1) is 0 Å². The van der Waals surface area contributed by atoms with Crippen LogP contribution in [0.15, 0.2) is 36.4 Å². The second-order valence-electron chi connectivity index (χ2n) is 5.81. The van der Waals surface area contributed by atoms with E-state index < -0.39 is 0 Å². The number of allylic oxidation sites excluding steroid dienone is 1. The molecular weight excluding hydrogens is 232 g/mol. The highest BCUT2D eigenvalue weighted by Gasteiger charge is 2.42. The van der Waals surface area contributed by atoms with Crippen LogP contribution in [0.25, 0.3) is 0 Å². The van der Waals surface area contributed by atoms with Crippen LogP contribution in [0.2, 0.25) is 0 Å². The highest BCUT2D eigenvalue weighted by atomic mass is 16.1. The fraction of sp³-hybridized carbons (Fsp3) is 0.500. The summed E-state index contributed by atoms with van der Waals surface area (Å²) in [4.78, 5) is 12.9. The summed E-state index contributed by atoms with van der Waals surface area (Å²) >= 11 is 0. The molecule has 1 nitrogen and oxygen atoms in total. The average Bonchev–Trinajstić information content (AvgIpc) is 2.42. The van der Waals surface area contributed by atoms with Gasteiger partial charge in [0.05, 0.1) is 5.41 Å². The van der Waals surface area contributed by atoms with Crippen molar-refractivity contribution < 1.29 is 4.79 Å². The Morgan fingerprint density at radius 1 is 1.32 bits per heavy atom. The number of unbranched alkanes of at least 4 members (excludes halogenated alkanes) is 2. The largest absolute Gasteiger partial charge is 0.293 e. The lowest BCUT2D eigenvalue weighted by Crippen LogP contribution is -2.37. The molecule has 0 N–H and O–H groups in total. The molecule has 102 valence electrons. The first-order chi connectivity index (χ1) is 9.12. The second-order valence-corrected chi connectivity index (χ2v) is 5.81. The normalized spacial score (nSPS) is 22.1. The Balaban J connectivity index is 2.31. The van der Waals surface area contributed by atoms with Gasteiger partial charge < -0.3 is 0 Å². The maximum atomic E-state index is 12.9. The van der Waals surface area contributed by atoms with Crippen LogP contribution in [0.5, 0.6) is 0 Å². The van der Waals surface area contributed by atoms with E-state index in [0.717, 1.165) is 36.8 Å². The smallest absolute Gasteiger partial charge is 0.173 e. The van der Waals surface area contributed by atoms with E-state index in [2.05, 4.69) is 19.6 Å². The first kappa shape index (κ1) is 14.0. The van der Waals surface area contributed by atoms with Crippen LogP contribution < -0.4 is 0 Å². The minimum absolute atomic E-state index is 0.302. The number of ketones is 1. The minimum Gasteiger partial charge on any atom is -0.293 e. The highest BCUT2D eigenvalue weighted by molar-refractivity contribution is 6.04. The van der Waals surface area contributed by atoms with Gasteiger partial charge in [0, 0.05) is 5.56 Å². The fourth-order valence-electron chi connectivity index (χ4n) is 3.22. The number of aryl methyl sites for hydroxylation is 1. The lowest BCUT2D eigenvalue weighted by molar-refractivity contribution is 0.0793. The van der Waals surface area contributed by atoms with Crippen LogP contribution in [-0.2, 0) is 6.42 Å². The number of rotatable bonds is 5. The number of carbonyl (C=O) groups excluding carboxylic acids is 1. The third kappa shape index (κ3) is 2.51. The molecule has 1 aromatic carbocycles. The molecule has 1 heteroatoms. The SMILES string of the molecule is C=C(C)C1(CCCCC)CCc2ccccc2C1=O. The molecule has 0 saturated carbocycles. The summed E-state index contributed by atoms with van der Waals surface area (Å²) in [6, 6.07) is 8.06. The number of hydrogen-bond donors (Lipinski definition) is 0. The lowest BCUT2D eigenvalue weighted by Gasteiger charge is -2.37. The van der Waals surface area contributed by atoms with E-state index in [0.29, 0.717) is 5.78 Å². The summed E-state index contributed by atoms with van der Waals surface area (Å²) in [5.74, 6) is 0.304. The van der Waals surface area contributed by atoms with Gasteiger partial charge in [0.2, 0.25) is 0 Å². The number of Topliss-reactive ketones (excluding diaryl/α,β-unsaturated/α-hetero) is 1. The summed E-state index contributed by atoms with van der Waals surface area (Å²) in [5, 5.41) is 0. The van der Waals surface area contributed by atoms with Crippen LogP contribution in [0.4, 0.5) is 0 Å². The van der Waals surface area contributed by atoms with Crippen molar-refractivity contribution in [3.63, 3.8) is 0 Å². The molecule has 2 rings (SSSR count). The van der Waals surface area contributed by atoms with Crippen molar-refractivity contribution in [1.82, 2.24) is 0 Å². The molecule has 0 amide bonds. The van der Waals surface area contributed by atoms with E-state index in [-0.39, 0.29) is 5.41 Å². The molecule has 19 heavy (non-hydrogen) atoms. The van der Waals surface area contributed by atoms with E-state index in [1.165, 1.54) is 18.4 Å². The first-order valence-electron chi connectivity index (χ1n) is 7.40. The average molecular weight is 256 g/mol. The monoisotopic (exact) mass is 256 g/mol. The molecule has 1 aromatic rings. The van der Waals surface area contributed by atoms with Crippen molar-refractivity contribution in [3.8, 4) is 0 Å². The second kappa shape index (κ2) is 5.73. The maximum Gasteiger partial charge on any atom is 0.173 e. The molecule has 1 aliphatic rings. The number of hydrogen-bond acceptors (Lipinski definition) is 1. The van der Waals surface area contributed by atoms with Crippen molar-refractivity contribution in [3.05, 3.63) is 47.5 Å². The van der Waals surface area contributed by atoms with Crippen molar-refractivity contribution >= 4 is 5.78 Å². The quantitative estimate of drug-likeness (QED) is 0.537. The van der Waals surface area contributed by atoms with E-state index in [4.69, 9.17) is 0 Å². The molecule has 1 aliphatic carbocycles. The number of benzene rings is 1. The summed E-state index contributed by atoms with van der Waals surface area (Å²) in [6.45, 7) is 8.36. The van der Waals surface area contributed by atoms with Gasteiger partial charge in [0.1, 0.15) is 0 Å². The Morgan fingerprint density at radius 3 is 2.74 bits per heavy atom. The Morgan fingerprint density at radius 2 is 2.05 bits per heavy atom. The summed E-state index contributed by atoms with van der Waals surface area (Å²) in [6.07, 6.45) is 6.41. The van der Waals surface area contributed by atoms with Crippen LogP contribution in [0.3, 0.4) is 0 Å². The van der Waals surface area contributed by atoms with Gasteiger partial charge in [-0.25, -0.2) is 0 Å². The van der Waals surface area contributed by atoms with Crippen molar-refractivity contribution in [1.29, 1.82) is 0 Å². The zero-order valence-corrected chi connectivity index (χ0v) is 12.2. The van der Waals surface area contributed by atoms with Gasteiger partial charge in [-0.2, -0.15) is 0 Å². The number of fused-ring (bicyclic) bond motifs is 1. The van der Waals surface area contributed by atoms with Crippen LogP contribution >= 0.6 is 0 Å². The Hall–Kier alpha value is -1.37. The third-order valence-electron chi connectivity index (χ3n) is 4.54. The fourth-order valence-corrected chi connectivity index (χ4v) is 3.22. The predicted molar refractivity (Wildman–Crippen MR) is 80.5 cm³/mol. The highest BCUT2D eigenvalue weighted by Crippen LogP contribution is 2.44. The topological polar surface area (TPSA) is 17.1 Å². The minimum atomic E-state index is -0.302. The van der Waals surface area contributed by atoms with Gasteiger partial charge in [-0.05, 0) is 31.7 Å². The van der Waals surface area contributed by atoms with Crippen LogP contribution in [-0.4, -0.2) is 5.78 Å². The Labute approximate surface area is 116 Å². The standard InChI is InChI=1S/C18H24O/c1-4-5-8-12-18(14(2)3)13-11-15-9-6-7-10-16(15)17(18)19/h6-7,9-10H,2,4-5,8,11-13H2,1,3H3. The van der Waals surface area contributed by atoms with Crippen LogP contribution in [0, 0.1) is 5.41 Å². The summed E-state index contributed by atoms with van der Waals surface area (Å²) in [7, 11) is 0. The molecule has 0 spiro atoms. The Kier molecular flexibility index (Phi) is 4.24. The van der Waals surface area contributed by atoms with Gasteiger partial charge in [0.15, 0.2) is 5.78 Å². The van der Waals surface area contributed by atoms with Crippen LogP contribution in [0.1, 0.15) is 61.9 Å². The maximum absolute atomic E-state index is 12.9. The van der Waals surface area contributed by atoms with E-state index >= 15 is 0 Å². The Bertz CT molecular complexity index is 486. The zero-order valence-electron chi connectivity index (χ0n) is 12.2.